The summed E-state index contributed by atoms with van der Waals surface area (Å²) in [7, 11) is 1.81. The smallest absolute Gasteiger partial charge is 0.126 e. The predicted octanol–water partition coefficient (Wildman–Crippen LogP) is 6.57. The van der Waals surface area contributed by atoms with E-state index in [9.17, 15) is 0 Å². The third kappa shape index (κ3) is 4.06. The minimum atomic E-state index is -0.0684. The van der Waals surface area contributed by atoms with Gasteiger partial charge in [-0.05, 0) is 29.2 Å². The van der Waals surface area contributed by atoms with Crippen LogP contribution in [0.5, 0.6) is 5.75 Å². The van der Waals surface area contributed by atoms with E-state index in [2.05, 4.69) is 83.3 Å². The normalized spacial score (nSPS) is 14.2. The molecule has 2 heteroatoms. The van der Waals surface area contributed by atoms with E-state index in [1.54, 1.807) is 7.11 Å². The summed E-state index contributed by atoms with van der Waals surface area (Å²) in [5.41, 5.74) is 5.37. The van der Waals surface area contributed by atoms with Gasteiger partial charge in [0.2, 0.25) is 0 Å². The van der Waals surface area contributed by atoms with Gasteiger partial charge in [0.1, 0.15) is 5.75 Å². The number of ether oxygens (including phenoxy) is 1. The Morgan fingerprint density at radius 2 is 1.60 bits per heavy atom. The quantitative estimate of drug-likeness (QED) is 0.579. The first-order chi connectivity index (χ1) is 11.8. The molecule has 0 aromatic heterocycles. The Morgan fingerprint density at radius 1 is 0.960 bits per heavy atom. The molecule has 0 aliphatic rings. The molecular formula is C23H32OS. The second kappa shape index (κ2) is 7.86. The molecule has 1 atom stereocenters. The molecule has 0 fully saturated rings. The molecule has 2 rings (SSSR count). The van der Waals surface area contributed by atoms with Crippen molar-refractivity contribution in [3.8, 4) is 5.75 Å². The van der Waals surface area contributed by atoms with Gasteiger partial charge in [0.25, 0.3) is 0 Å². The zero-order valence-corrected chi connectivity index (χ0v) is 17.6. The first-order valence-corrected chi connectivity index (χ1v) is 10.4. The second-order valence-electron chi connectivity index (χ2n) is 7.95. The molecule has 2 aromatic carbocycles. The maximum atomic E-state index is 5.95. The Labute approximate surface area is 158 Å². The van der Waals surface area contributed by atoms with Crippen molar-refractivity contribution in [1.82, 2.24) is 0 Å². The van der Waals surface area contributed by atoms with E-state index in [-0.39, 0.29) is 10.8 Å². The molecule has 0 bridgehead atoms. The number of benzene rings is 2. The van der Waals surface area contributed by atoms with Gasteiger partial charge in [-0.3, -0.25) is 0 Å². The molecule has 1 nitrogen and oxygen atoms in total. The van der Waals surface area contributed by atoms with E-state index >= 15 is 0 Å². The molecule has 25 heavy (non-hydrogen) atoms. The number of rotatable bonds is 6. The molecule has 0 saturated carbocycles. The highest BCUT2D eigenvalue weighted by atomic mass is 32.2. The monoisotopic (exact) mass is 356 g/mol. The van der Waals surface area contributed by atoms with Gasteiger partial charge < -0.3 is 4.74 Å². The molecule has 1 unspecified atom stereocenters. The van der Waals surface area contributed by atoms with Crippen molar-refractivity contribution < 1.29 is 4.74 Å². The van der Waals surface area contributed by atoms with Crippen LogP contribution >= 0.6 is 11.8 Å². The van der Waals surface area contributed by atoms with E-state index in [0.717, 1.165) is 17.9 Å². The number of hydrogen-bond acceptors (Lipinski definition) is 2. The molecule has 0 N–H and O–H groups in total. The lowest BCUT2D eigenvalue weighted by atomic mass is 9.71. The highest BCUT2D eigenvalue weighted by Gasteiger charge is 2.32. The van der Waals surface area contributed by atoms with Gasteiger partial charge in [-0.1, -0.05) is 77.1 Å². The van der Waals surface area contributed by atoms with Gasteiger partial charge >= 0.3 is 0 Å². The van der Waals surface area contributed by atoms with Gasteiger partial charge in [0.05, 0.1) is 7.11 Å². The molecule has 0 heterocycles. The third-order valence-electron chi connectivity index (χ3n) is 5.25. The van der Waals surface area contributed by atoms with Crippen molar-refractivity contribution in [2.24, 2.45) is 0 Å². The molecular weight excluding hydrogens is 324 g/mol. The van der Waals surface area contributed by atoms with Crippen molar-refractivity contribution in [3.05, 3.63) is 64.7 Å². The Bertz CT molecular complexity index is 700. The Balaban J connectivity index is 2.78. The second-order valence-corrected chi connectivity index (χ2v) is 8.82. The molecule has 2 aromatic rings. The van der Waals surface area contributed by atoms with Crippen LogP contribution in [0.3, 0.4) is 0 Å². The van der Waals surface area contributed by atoms with Crippen LogP contribution in [-0.4, -0.2) is 13.4 Å². The molecule has 0 amide bonds. The van der Waals surface area contributed by atoms with Crippen LogP contribution in [0.4, 0.5) is 0 Å². The maximum Gasteiger partial charge on any atom is 0.126 e. The fourth-order valence-corrected chi connectivity index (χ4v) is 3.92. The van der Waals surface area contributed by atoms with E-state index in [1.807, 2.05) is 11.8 Å². The topological polar surface area (TPSA) is 9.23 Å². The lowest BCUT2D eigenvalue weighted by Gasteiger charge is -2.34. The summed E-state index contributed by atoms with van der Waals surface area (Å²) in [5, 5.41) is 0. The van der Waals surface area contributed by atoms with Crippen molar-refractivity contribution in [2.45, 2.75) is 57.6 Å². The molecule has 0 saturated heterocycles. The average molecular weight is 357 g/mol. The summed E-state index contributed by atoms with van der Waals surface area (Å²) >= 11 is 1.85. The maximum absolute atomic E-state index is 5.95. The van der Waals surface area contributed by atoms with E-state index in [0.29, 0.717) is 0 Å². The zero-order valence-electron chi connectivity index (χ0n) is 16.8. The summed E-state index contributed by atoms with van der Waals surface area (Å²) in [6.45, 7) is 11.5. The van der Waals surface area contributed by atoms with Crippen LogP contribution in [0.15, 0.2) is 42.5 Å². The van der Waals surface area contributed by atoms with Gasteiger partial charge in [-0.15, -0.1) is 0 Å². The first kappa shape index (κ1) is 19.9. The molecule has 136 valence electrons. The van der Waals surface area contributed by atoms with E-state index in [4.69, 9.17) is 4.74 Å². The van der Waals surface area contributed by atoms with Crippen LogP contribution in [0.2, 0.25) is 0 Å². The van der Waals surface area contributed by atoms with Crippen LogP contribution in [0.25, 0.3) is 0 Å². The predicted molar refractivity (Wildman–Crippen MR) is 112 cm³/mol. The first-order valence-electron chi connectivity index (χ1n) is 9.04. The SMILES string of the molecule is CCC(C)(c1ccccc1)c1cc(C(C)(C)C)cc(CSC)c1OC. The highest BCUT2D eigenvalue weighted by Crippen LogP contribution is 2.44. The van der Waals surface area contributed by atoms with Crippen LogP contribution < -0.4 is 4.74 Å². The summed E-state index contributed by atoms with van der Waals surface area (Å²) in [6.07, 6.45) is 3.18. The molecule has 0 aliphatic carbocycles. The minimum Gasteiger partial charge on any atom is -0.496 e. The van der Waals surface area contributed by atoms with Crippen LogP contribution in [0.1, 0.15) is 63.3 Å². The number of methoxy groups -OCH3 is 1. The highest BCUT2D eigenvalue weighted by molar-refractivity contribution is 7.97. The van der Waals surface area contributed by atoms with Gasteiger partial charge in [0, 0.05) is 22.3 Å². The summed E-state index contributed by atoms with van der Waals surface area (Å²) in [4.78, 5) is 0. The average Bonchev–Trinajstić information content (AvgIpc) is 2.60. The van der Waals surface area contributed by atoms with Gasteiger partial charge in [-0.25, -0.2) is 0 Å². The van der Waals surface area contributed by atoms with Gasteiger partial charge in [-0.2, -0.15) is 11.8 Å². The Morgan fingerprint density at radius 3 is 2.08 bits per heavy atom. The lowest BCUT2D eigenvalue weighted by molar-refractivity contribution is 0.391. The summed E-state index contributed by atoms with van der Waals surface area (Å²) < 4.78 is 5.95. The summed E-state index contributed by atoms with van der Waals surface area (Å²) in [5.74, 6) is 2.02. The van der Waals surface area contributed by atoms with Crippen molar-refractivity contribution in [2.75, 3.05) is 13.4 Å². The zero-order chi connectivity index (χ0) is 18.7. The van der Waals surface area contributed by atoms with E-state index < -0.39 is 0 Å². The molecule has 0 spiro atoms. The third-order valence-corrected chi connectivity index (χ3v) is 5.85. The van der Waals surface area contributed by atoms with Crippen molar-refractivity contribution in [1.29, 1.82) is 0 Å². The molecule has 0 radical (unpaired) electrons. The largest absolute Gasteiger partial charge is 0.496 e. The molecule has 0 aliphatic heterocycles. The van der Waals surface area contributed by atoms with Crippen molar-refractivity contribution >= 4 is 11.8 Å². The Hall–Kier alpha value is -1.41. The fourth-order valence-electron chi connectivity index (χ4n) is 3.39. The van der Waals surface area contributed by atoms with Crippen LogP contribution in [-0.2, 0) is 16.6 Å². The lowest BCUT2D eigenvalue weighted by Crippen LogP contribution is -2.25. The van der Waals surface area contributed by atoms with Crippen molar-refractivity contribution in [3.63, 3.8) is 0 Å². The minimum absolute atomic E-state index is 0.0684. The van der Waals surface area contributed by atoms with Crippen LogP contribution in [0, 0.1) is 0 Å². The number of hydrogen-bond donors (Lipinski definition) is 0. The fraction of sp³-hybridized carbons (Fsp3) is 0.478. The van der Waals surface area contributed by atoms with Gasteiger partial charge in [0.15, 0.2) is 0 Å². The number of thioether (sulfide) groups is 1. The standard InChI is InChI=1S/C23H32OS/c1-8-23(5,18-12-10-9-11-13-18)20-15-19(22(2,3)4)14-17(16-25-7)21(20)24-6/h9-15H,8,16H2,1-7H3. The summed E-state index contributed by atoms with van der Waals surface area (Å²) in [6, 6.07) is 15.5. The Kier molecular flexibility index (Phi) is 6.26. The van der Waals surface area contributed by atoms with E-state index in [1.165, 1.54) is 22.3 Å².